The van der Waals surface area contributed by atoms with Gasteiger partial charge in [-0.3, -0.25) is 0 Å². The van der Waals surface area contributed by atoms with Gasteiger partial charge in [-0.1, -0.05) is 89.1 Å². The third-order valence-corrected chi connectivity index (χ3v) is 7.93. The summed E-state index contributed by atoms with van der Waals surface area (Å²) in [6, 6.07) is -0.677. The number of hydrogen-bond acceptors (Lipinski definition) is 8. The fourth-order valence-electron chi connectivity index (χ4n) is 5.86. The van der Waals surface area contributed by atoms with Crippen LogP contribution in [0, 0.1) is 0 Å². The number of nitrogens with zero attached hydrogens (tertiary/aromatic N) is 3. The molecule has 2 fully saturated rings. The second-order valence-electron chi connectivity index (χ2n) is 13.2. The van der Waals surface area contributed by atoms with Crippen LogP contribution in [0.4, 0.5) is 0 Å². The van der Waals surface area contributed by atoms with E-state index >= 15 is 0 Å². The van der Waals surface area contributed by atoms with E-state index in [0.717, 1.165) is 12.8 Å². The van der Waals surface area contributed by atoms with E-state index < -0.39 is 29.8 Å². The predicted molar refractivity (Wildman–Crippen MR) is 164 cm³/mol. The van der Waals surface area contributed by atoms with Crippen LogP contribution in [0.3, 0.4) is 0 Å². The van der Waals surface area contributed by atoms with E-state index in [1.807, 2.05) is 41.5 Å². The normalized spacial score (nSPS) is 25.4. The lowest BCUT2D eigenvalue weighted by molar-refractivity contribution is -0.175. The molecule has 0 aliphatic carbocycles. The van der Waals surface area contributed by atoms with Crippen LogP contribution in [0.5, 0.6) is 0 Å². The largest absolute Gasteiger partial charge is 0.390 e. The SMILES string of the molecule is CCCCCCCCCCCCCC[C@@H](O)[C@@H](OC(C)C)[C@H](COCC1OC(C)(C)O[C@H]1[C@@H]1COC(C)(C)O1)N=[N+]=[N-]. The van der Waals surface area contributed by atoms with Gasteiger partial charge in [-0.25, -0.2) is 0 Å². The lowest BCUT2D eigenvalue weighted by Crippen LogP contribution is -2.44. The maximum Gasteiger partial charge on any atom is 0.164 e. The summed E-state index contributed by atoms with van der Waals surface area (Å²) < 4.78 is 36.1. The molecule has 1 N–H and O–H groups in total. The number of azide groups is 1. The molecule has 42 heavy (non-hydrogen) atoms. The smallest absolute Gasteiger partial charge is 0.164 e. The molecule has 10 heteroatoms. The van der Waals surface area contributed by atoms with Crippen molar-refractivity contribution in [3.63, 3.8) is 0 Å². The number of rotatable bonds is 23. The maximum absolute atomic E-state index is 11.1. The third-order valence-electron chi connectivity index (χ3n) is 7.93. The van der Waals surface area contributed by atoms with Gasteiger partial charge in [0.25, 0.3) is 0 Å². The first-order valence-electron chi connectivity index (χ1n) is 16.6. The molecule has 1 unspecified atom stereocenters. The highest BCUT2D eigenvalue weighted by Gasteiger charge is 2.49. The Labute approximate surface area is 255 Å². The highest BCUT2D eigenvalue weighted by Crippen LogP contribution is 2.35. The fraction of sp³-hybridized carbons (Fsp3) is 1.00. The van der Waals surface area contributed by atoms with Crippen LogP contribution < -0.4 is 0 Å². The van der Waals surface area contributed by atoms with E-state index in [4.69, 9.17) is 28.4 Å². The molecule has 0 aromatic heterocycles. The van der Waals surface area contributed by atoms with Gasteiger partial charge in [0.15, 0.2) is 11.6 Å². The molecular formula is C32H61N3O7. The van der Waals surface area contributed by atoms with Gasteiger partial charge >= 0.3 is 0 Å². The van der Waals surface area contributed by atoms with Crippen molar-refractivity contribution >= 4 is 0 Å². The van der Waals surface area contributed by atoms with Crippen LogP contribution in [0.15, 0.2) is 5.11 Å². The molecule has 0 spiro atoms. The Hall–Kier alpha value is -0.970. The minimum absolute atomic E-state index is 0.0947. The van der Waals surface area contributed by atoms with E-state index in [1.165, 1.54) is 64.2 Å². The van der Waals surface area contributed by atoms with Gasteiger partial charge in [0, 0.05) is 4.91 Å². The molecule has 246 valence electrons. The number of hydrogen-bond donors (Lipinski definition) is 1. The van der Waals surface area contributed by atoms with Crippen LogP contribution in [0.2, 0.25) is 0 Å². The zero-order valence-corrected chi connectivity index (χ0v) is 27.6. The van der Waals surface area contributed by atoms with Crippen molar-refractivity contribution in [2.24, 2.45) is 5.11 Å². The molecule has 6 atom stereocenters. The molecule has 2 heterocycles. The summed E-state index contributed by atoms with van der Waals surface area (Å²) >= 11 is 0. The van der Waals surface area contributed by atoms with Crippen molar-refractivity contribution in [1.82, 2.24) is 0 Å². The Morgan fingerprint density at radius 2 is 1.48 bits per heavy atom. The highest BCUT2D eigenvalue weighted by atomic mass is 16.8. The first-order valence-corrected chi connectivity index (χ1v) is 16.6. The summed E-state index contributed by atoms with van der Waals surface area (Å²) in [7, 11) is 0. The summed E-state index contributed by atoms with van der Waals surface area (Å²) in [5, 5.41) is 15.1. The molecule has 10 nitrogen and oxygen atoms in total. The van der Waals surface area contributed by atoms with Crippen molar-refractivity contribution in [2.75, 3.05) is 19.8 Å². The van der Waals surface area contributed by atoms with Crippen molar-refractivity contribution in [2.45, 2.75) is 186 Å². The Kier molecular flexibility index (Phi) is 17.2. The fourth-order valence-corrected chi connectivity index (χ4v) is 5.86. The van der Waals surface area contributed by atoms with E-state index in [9.17, 15) is 10.6 Å². The number of unbranched alkanes of at least 4 members (excludes halogenated alkanes) is 11. The van der Waals surface area contributed by atoms with Crippen LogP contribution in [0.25, 0.3) is 10.4 Å². The summed E-state index contributed by atoms with van der Waals surface area (Å²) in [4.78, 5) is 3.04. The zero-order chi connectivity index (χ0) is 31.0. The minimum Gasteiger partial charge on any atom is -0.390 e. The lowest BCUT2D eigenvalue weighted by Gasteiger charge is -2.30. The molecule has 0 radical (unpaired) electrons. The summed E-state index contributed by atoms with van der Waals surface area (Å²) in [6.45, 7) is 14.3. The second kappa shape index (κ2) is 19.4. The van der Waals surface area contributed by atoms with E-state index in [1.54, 1.807) is 0 Å². The van der Waals surface area contributed by atoms with Crippen molar-refractivity contribution in [1.29, 1.82) is 0 Å². The van der Waals surface area contributed by atoms with Crippen LogP contribution in [-0.2, 0) is 28.4 Å². The Balaban J connectivity index is 1.79. The van der Waals surface area contributed by atoms with Gasteiger partial charge in [-0.15, -0.1) is 0 Å². The maximum atomic E-state index is 11.1. The number of aliphatic hydroxyl groups is 1. The van der Waals surface area contributed by atoms with Crippen LogP contribution in [-0.4, -0.2) is 79.2 Å². The molecule has 0 bridgehead atoms. The van der Waals surface area contributed by atoms with Crippen molar-refractivity contribution < 1.29 is 33.5 Å². The Morgan fingerprint density at radius 1 is 0.881 bits per heavy atom. The first kappa shape index (κ1) is 37.2. The molecular weight excluding hydrogens is 538 g/mol. The number of aliphatic hydroxyl groups excluding tert-OH is 1. The lowest BCUT2D eigenvalue weighted by atomic mass is 9.99. The first-order chi connectivity index (χ1) is 20.0. The predicted octanol–water partition coefficient (Wildman–Crippen LogP) is 7.60. The third kappa shape index (κ3) is 14.2. The summed E-state index contributed by atoms with van der Waals surface area (Å²) in [5.74, 6) is -1.46. The molecule has 0 amide bonds. The standard InChI is InChI=1S/C32H61N3O7/c1-8-9-10-11-12-13-14-15-16-17-18-19-20-26(36)29(39-24(2)3)25(34-35-33)21-37-22-27-30(42-32(6,7)41-27)28-23-38-31(4,5)40-28/h24-30,36H,8-23H2,1-7H3/t25-,26+,27?,28-,29-,30+/m0/s1. The quantitative estimate of drug-likeness (QED) is 0.0555. The van der Waals surface area contributed by atoms with E-state index in [2.05, 4.69) is 16.9 Å². The Morgan fingerprint density at radius 3 is 2.00 bits per heavy atom. The highest BCUT2D eigenvalue weighted by molar-refractivity contribution is 4.91. The van der Waals surface area contributed by atoms with Gasteiger partial charge in [0.05, 0.1) is 44.2 Å². The van der Waals surface area contributed by atoms with E-state index in [-0.39, 0.29) is 37.6 Å². The molecule has 2 rings (SSSR count). The molecule has 0 aromatic carbocycles. The van der Waals surface area contributed by atoms with Crippen molar-refractivity contribution in [3.8, 4) is 0 Å². The molecule has 0 saturated carbocycles. The Bertz CT molecular complexity index is 775. The van der Waals surface area contributed by atoms with Crippen LogP contribution >= 0.6 is 0 Å². The monoisotopic (exact) mass is 599 g/mol. The van der Waals surface area contributed by atoms with E-state index in [0.29, 0.717) is 13.0 Å². The summed E-state index contributed by atoms with van der Waals surface area (Å²) in [6.07, 6.45) is 13.2. The second-order valence-corrected chi connectivity index (χ2v) is 13.2. The van der Waals surface area contributed by atoms with Gasteiger partial charge in [-0.05, 0) is 53.5 Å². The van der Waals surface area contributed by atoms with Crippen LogP contribution in [0.1, 0.15) is 132 Å². The average Bonchev–Trinajstić information content (AvgIpc) is 3.44. The van der Waals surface area contributed by atoms with Gasteiger partial charge < -0.3 is 33.5 Å². The van der Waals surface area contributed by atoms with Gasteiger partial charge in [-0.2, -0.15) is 0 Å². The molecule has 2 saturated heterocycles. The van der Waals surface area contributed by atoms with Crippen molar-refractivity contribution in [3.05, 3.63) is 10.4 Å². The van der Waals surface area contributed by atoms with Gasteiger partial charge in [0.2, 0.25) is 0 Å². The summed E-state index contributed by atoms with van der Waals surface area (Å²) in [5.41, 5.74) is 9.29. The molecule has 2 aliphatic rings. The minimum atomic E-state index is -0.785. The average molecular weight is 600 g/mol. The van der Waals surface area contributed by atoms with Gasteiger partial charge in [0.1, 0.15) is 18.3 Å². The topological polar surface area (TPSA) is 124 Å². The molecule has 0 aromatic rings. The molecule has 2 aliphatic heterocycles. The zero-order valence-electron chi connectivity index (χ0n) is 27.6. The number of ether oxygens (including phenoxy) is 6.